The van der Waals surface area contributed by atoms with Crippen molar-refractivity contribution >= 4 is 5.91 Å². The molecule has 0 bridgehead atoms. The number of aryl methyl sites for hydroxylation is 2. The normalized spacial score (nSPS) is 18.0. The van der Waals surface area contributed by atoms with E-state index in [0.717, 1.165) is 24.2 Å². The van der Waals surface area contributed by atoms with E-state index >= 15 is 0 Å². The second-order valence-corrected chi connectivity index (χ2v) is 5.45. The second kappa shape index (κ2) is 7.23. The summed E-state index contributed by atoms with van der Waals surface area (Å²) in [5.74, 6) is -0.0951. The van der Waals surface area contributed by atoms with Crippen molar-refractivity contribution in [2.45, 2.75) is 25.8 Å². The molecule has 2 aromatic rings. The van der Waals surface area contributed by atoms with Crippen molar-refractivity contribution in [3.8, 4) is 0 Å². The third kappa shape index (κ3) is 3.68. The van der Waals surface area contributed by atoms with Gasteiger partial charge in [0, 0.05) is 31.3 Å². The minimum Gasteiger partial charge on any atom is -0.377 e. The highest BCUT2D eigenvalue weighted by Gasteiger charge is 2.28. The Morgan fingerprint density at radius 3 is 2.87 bits per heavy atom. The summed E-state index contributed by atoms with van der Waals surface area (Å²) < 4.78 is 5.55. The highest BCUT2D eigenvalue weighted by atomic mass is 16.5. The average Bonchev–Trinajstić information content (AvgIpc) is 2.61. The van der Waals surface area contributed by atoms with Gasteiger partial charge in [-0.1, -0.05) is 0 Å². The fourth-order valence-electron chi connectivity index (χ4n) is 2.70. The number of amides is 1. The Labute approximate surface area is 134 Å². The molecule has 7 nitrogen and oxygen atoms in total. The molecule has 7 heteroatoms. The molecule has 0 aromatic carbocycles. The first-order chi connectivity index (χ1) is 11.3. The number of carbonyl (C=O) groups excluding carboxylic acids is 1. The van der Waals surface area contributed by atoms with Crippen LogP contribution in [0.15, 0.2) is 31.0 Å². The molecule has 3 rings (SSSR count). The molecular weight excluding hydrogens is 294 g/mol. The van der Waals surface area contributed by atoms with Gasteiger partial charge in [0.1, 0.15) is 5.69 Å². The first-order valence-corrected chi connectivity index (χ1v) is 7.67. The Balaban J connectivity index is 1.69. The molecule has 2 aromatic heterocycles. The number of rotatable bonds is 4. The third-order valence-corrected chi connectivity index (χ3v) is 3.97. The fraction of sp³-hybridized carbons (Fsp3) is 0.438. The molecule has 0 saturated carbocycles. The van der Waals surface area contributed by atoms with E-state index in [1.54, 1.807) is 18.6 Å². The Kier molecular flexibility index (Phi) is 4.87. The Morgan fingerprint density at radius 2 is 2.09 bits per heavy atom. The van der Waals surface area contributed by atoms with Gasteiger partial charge in [-0.2, -0.15) is 0 Å². The third-order valence-electron chi connectivity index (χ3n) is 3.97. The topological polar surface area (TPSA) is 81.1 Å². The summed E-state index contributed by atoms with van der Waals surface area (Å²) in [6.07, 6.45) is 9.52. The first-order valence-electron chi connectivity index (χ1n) is 7.67. The van der Waals surface area contributed by atoms with Crippen molar-refractivity contribution < 1.29 is 9.53 Å². The molecular formula is C16H19N5O2. The van der Waals surface area contributed by atoms with E-state index in [9.17, 15) is 4.79 Å². The van der Waals surface area contributed by atoms with Crippen LogP contribution in [-0.2, 0) is 11.2 Å². The molecule has 23 heavy (non-hydrogen) atoms. The summed E-state index contributed by atoms with van der Waals surface area (Å²) in [7, 11) is 0. The summed E-state index contributed by atoms with van der Waals surface area (Å²) in [5, 5.41) is 0. The van der Waals surface area contributed by atoms with Crippen LogP contribution in [-0.4, -0.2) is 56.5 Å². The van der Waals surface area contributed by atoms with E-state index in [0.29, 0.717) is 25.5 Å². The molecule has 1 fully saturated rings. The van der Waals surface area contributed by atoms with Crippen LogP contribution >= 0.6 is 0 Å². The number of nitrogens with zero attached hydrogens (tertiary/aromatic N) is 5. The van der Waals surface area contributed by atoms with Crippen molar-refractivity contribution in [2.75, 3.05) is 19.8 Å². The number of ether oxygens (including phenoxy) is 1. The minimum atomic E-state index is -0.0951. The molecule has 120 valence electrons. The largest absolute Gasteiger partial charge is 0.377 e. The zero-order valence-corrected chi connectivity index (χ0v) is 13.1. The van der Waals surface area contributed by atoms with Gasteiger partial charge in [0.05, 0.1) is 36.8 Å². The number of carbonyl (C=O) groups is 1. The van der Waals surface area contributed by atoms with Crippen LogP contribution in [0.4, 0.5) is 0 Å². The van der Waals surface area contributed by atoms with E-state index in [2.05, 4.69) is 19.9 Å². The maximum atomic E-state index is 12.6. The van der Waals surface area contributed by atoms with Crippen molar-refractivity contribution in [1.82, 2.24) is 24.8 Å². The summed E-state index contributed by atoms with van der Waals surface area (Å²) in [5.41, 5.74) is 2.26. The summed E-state index contributed by atoms with van der Waals surface area (Å²) in [4.78, 5) is 31.1. The van der Waals surface area contributed by atoms with Crippen molar-refractivity contribution in [2.24, 2.45) is 0 Å². The molecule has 1 aliphatic heterocycles. The molecule has 1 amide bonds. The van der Waals surface area contributed by atoms with E-state index < -0.39 is 0 Å². The van der Waals surface area contributed by atoms with Crippen molar-refractivity contribution in [3.05, 3.63) is 48.1 Å². The highest BCUT2D eigenvalue weighted by Crippen LogP contribution is 2.16. The molecule has 1 aliphatic rings. The lowest BCUT2D eigenvalue weighted by Gasteiger charge is -2.35. The molecule has 0 spiro atoms. The zero-order valence-electron chi connectivity index (χ0n) is 13.1. The smallest absolute Gasteiger partial charge is 0.274 e. The number of hydrogen-bond donors (Lipinski definition) is 0. The van der Waals surface area contributed by atoms with Gasteiger partial charge in [-0.15, -0.1) is 0 Å². The zero-order chi connectivity index (χ0) is 16.1. The van der Waals surface area contributed by atoms with Gasteiger partial charge in [-0.25, -0.2) is 4.98 Å². The van der Waals surface area contributed by atoms with Gasteiger partial charge >= 0.3 is 0 Å². The summed E-state index contributed by atoms with van der Waals surface area (Å²) >= 11 is 0. The maximum Gasteiger partial charge on any atom is 0.274 e. The van der Waals surface area contributed by atoms with Gasteiger partial charge in [0.25, 0.3) is 5.91 Å². The molecule has 0 radical (unpaired) electrons. The van der Waals surface area contributed by atoms with E-state index in [4.69, 9.17) is 4.74 Å². The van der Waals surface area contributed by atoms with Crippen LogP contribution < -0.4 is 0 Å². The highest BCUT2D eigenvalue weighted by molar-refractivity contribution is 5.92. The van der Waals surface area contributed by atoms with Crippen molar-refractivity contribution in [3.63, 3.8) is 0 Å². The Bertz CT molecular complexity index is 665. The number of morpholine rings is 1. The fourth-order valence-corrected chi connectivity index (χ4v) is 2.70. The quantitative estimate of drug-likeness (QED) is 0.839. The molecule has 1 atom stereocenters. The standard InChI is InChI=1S/C16H19N5O2/c1-12-14(19-7-6-18-12)3-2-13-11-23-9-8-21(13)16(22)15-10-17-4-5-20-15/h4-7,10,13H,2-3,8-9,11H2,1H3/t13-/m0/s1. The van der Waals surface area contributed by atoms with E-state index in [1.807, 2.05) is 11.8 Å². The lowest BCUT2D eigenvalue weighted by molar-refractivity contribution is -0.00447. The molecule has 3 heterocycles. The molecule has 0 aliphatic carbocycles. The Hall–Kier alpha value is -2.41. The van der Waals surface area contributed by atoms with Gasteiger partial charge in [0.2, 0.25) is 0 Å². The minimum absolute atomic E-state index is 0.0136. The van der Waals surface area contributed by atoms with Gasteiger partial charge in [0.15, 0.2) is 0 Å². The van der Waals surface area contributed by atoms with Crippen LogP contribution in [0.5, 0.6) is 0 Å². The van der Waals surface area contributed by atoms with E-state index in [-0.39, 0.29) is 11.9 Å². The van der Waals surface area contributed by atoms with Gasteiger partial charge in [-0.3, -0.25) is 19.7 Å². The summed E-state index contributed by atoms with van der Waals surface area (Å²) in [6, 6.07) is 0.0136. The Morgan fingerprint density at radius 1 is 1.26 bits per heavy atom. The second-order valence-electron chi connectivity index (χ2n) is 5.45. The maximum absolute atomic E-state index is 12.6. The monoisotopic (exact) mass is 313 g/mol. The molecule has 0 N–H and O–H groups in total. The lowest BCUT2D eigenvalue weighted by Crippen LogP contribution is -2.49. The van der Waals surface area contributed by atoms with Crippen LogP contribution in [0.3, 0.4) is 0 Å². The lowest BCUT2D eigenvalue weighted by atomic mass is 10.1. The van der Waals surface area contributed by atoms with Crippen LogP contribution in [0, 0.1) is 6.92 Å². The number of hydrogen-bond acceptors (Lipinski definition) is 6. The van der Waals surface area contributed by atoms with Gasteiger partial charge in [-0.05, 0) is 19.8 Å². The van der Waals surface area contributed by atoms with Crippen LogP contribution in [0.2, 0.25) is 0 Å². The van der Waals surface area contributed by atoms with Crippen LogP contribution in [0.1, 0.15) is 28.3 Å². The predicted octanol–water partition coefficient (Wildman–Crippen LogP) is 1.05. The van der Waals surface area contributed by atoms with Crippen molar-refractivity contribution in [1.29, 1.82) is 0 Å². The SMILES string of the molecule is Cc1nccnc1CC[C@H]1COCCN1C(=O)c1cnccn1. The van der Waals surface area contributed by atoms with E-state index in [1.165, 1.54) is 12.4 Å². The van der Waals surface area contributed by atoms with Gasteiger partial charge < -0.3 is 9.64 Å². The molecule has 1 saturated heterocycles. The molecule has 0 unspecified atom stereocenters. The summed E-state index contributed by atoms with van der Waals surface area (Å²) in [6.45, 7) is 3.60. The first kappa shape index (κ1) is 15.5. The average molecular weight is 313 g/mol. The van der Waals surface area contributed by atoms with Crippen LogP contribution in [0.25, 0.3) is 0 Å². The number of aromatic nitrogens is 4. The predicted molar refractivity (Wildman–Crippen MR) is 82.8 cm³/mol.